The van der Waals surface area contributed by atoms with Crippen LogP contribution in [0.25, 0.3) is 0 Å². The first-order chi connectivity index (χ1) is 3.00. The molecule has 54 valence electrons. The van der Waals surface area contributed by atoms with Crippen molar-refractivity contribution in [1.82, 2.24) is 0 Å². The molecule has 0 aromatic rings. The van der Waals surface area contributed by atoms with Crippen LogP contribution >= 0.6 is 71.0 Å². The molecule has 0 radical (unpaired) electrons. The average Bonchev–Trinajstić information content (AvgIpc) is 1.36. The molecule has 0 aliphatic heterocycles. The quantitative estimate of drug-likeness (QED) is 0.295. The van der Waals surface area contributed by atoms with Gasteiger partial charge in [0.25, 0.3) is 0 Å². The van der Waals surface area contributed by atoms with E-state index in [9.17, 15) is 0 Å². The molecular formula is CH7CaI4NPbTi. The van der Waals surface area contributed by atoms with Crippen molar-refractivity contribution in [1.29, 1.82) is 0 Å². The molecule has 0 rings (SSSR count). The van der Waals surface area contributed by atoms with E-state index < -0.39 is 4.00 Å². The number of hydrogen-bond acceptors (Lipinski definition) is 1. The summed E-state index contributed by atoms with van der Waals surface area (Å²) in [6.45, 7) is 0. The minimum Gasteiger partial charge on any atom is 0 e. The Kier molecular flexibility index (Phi) is 43.5. The Bertz CT molecular complexity index is 43.6. The van der Waals surface area contributed by atoms with Crippen LogP contribution in [0.2, 0.25) is 0 Å². The van der Waals surface area contributed by atoms with E-state index in [2.05, 4.69) is 76.8 Å². The SMILES string of the molecule is CN.[Ca+2].[H-].[H-].[I][Pb]([I])([I])[I].[Ti]. The van der Waals surface area contributed by atoms with E-state index in [1.807, 2.05) is 0 Å². The fourth-order valence-corrected chi connectivity index (χ4v) is 0. The summed E-state index contributed by atoms with van der Waals surface area (Å²) in [4.78, 5) is 0. The number of nitrogens with two attached hydrogens (primary N) is 1. The Morgan fingerprint density at radius 1 is 1.11 bits per heavy atom. The summed E-state index contributed by atoms with van der Waals surface area (Å²) >= 11 is 10.2. The number of halogens is 4. The predicted octanol–water partition coefficient (Wildman–Crippen LogP) is 2.58. The average molecular weight is 836 g/mol. The van der Waals surface area contributed by atoms with Crippen LogP contribution in [0, 0.1) is 0 Å². The molecule has 0 aromatic heterocycles. The second-order valence-corrected chi connectivity index (χ2v) is 169. The van der Waals surface area contributed by atoms with Crippen molar-refractivity contribution in [2.45, 2.75) is 0 Å². The summed E-state index contributed by atoms with van der Waals surface area (Å²) in [5, 5.41) is 0. The van der Waals surface area contributed by atoms with Crippen molar-refractivity contribution in [2.75, 3.05) is 7.05 Å². The third-order valence-corrected chi connectivity index (χ3v) is 0. The van der Waals surface area contributed by atoms with Gasteiger partial charge in [0.1, 0.15) is 0 Å². The smallest absolute Gasteiger partial charge is 0 e. The van der Waals surface area contributed by atoms with E-state index in [1.54, 1.807) is 0 Å². The van der Waals surface area contributed by atoms with Gasteiger partial charge in [-0.1, -0.05) is 0 Å². The Morgan fingerprint density at radius 3 is 1.11 bits per heavy atom. The van der Waals surface area contributed by atoms with Crippen LogP contribution in [0.3, 0.4) is 0 Å². The Labute approximate surface area is 145 Å². The monoisotopic (exact) mass is 837 g/mol. The van der Waals surface area contributed by atoms with Gasteiger partial charge in [-0.05, 0) is 7.05 Å². The molecule has 0 unspecified atom stereocenters. The number of rotatable bonds is 0. The van der Waals surface area contributed by atoms with E-state index in [4.69, 9.17) is 0 Å². The first-order valence-electron chi connectivity index (χ1n) is 1.33. The van der Waals surface area contributed by atoms with E-state index in [1.165, 1.54) is 7.05 Å². The molecule has 2 N–H and O–H groups in total. The molecule has 0 aliphatic rings. The molecule has 0 fully saturated rings. The summed E-state index contributed by atoms with van der Waals surface area (Å²) in [5.74, 6) is 0. The fraction of sp³-hybridized carbons (Fsp3) is 1.00. The van der Waals surface area contributed by atoms with Gasteiger partial charge in [-0.3, -0.25) is 0 Å². The summed E-state index contributed by atoms with van der Waals surface area (Å²) in [6, 6.07) is 0. The van der Waals surface area contributed by atoms with Crippen LogP contribution < -0.4 is 5.73 Å². The van der Waals surface area contributed by atoms with Crippen molar-refractivity contribution in [2.24, 2.45) is 5.73 Å². The zero-order chi connectivity index (χ0) is 6.50. The molecule has 0 aromatic carbocycles. The van der Waals surface area contributed by atoms with Gasteiger partial charge >= 0.3 is 113 Å². The van der Waals surface area contributed by atoms with Gasteiger partial charge in [0, 0.05) is 21.7 Å². The summed E-state index contributed by atoms with van der Waals surface area (Å²) < 4.78 is -1.40. The Morgan fingerprint density at radius 2 is 1.11 bits per heavy atom. The molecule has 0 aliphatic carbocycles. The van der Waals surface area contributed by atoms with Gasteiger partial charge in [0.15, 0.2) is 0 Å². The topological polar surface area (TPSA) is 26.0 Å². The van der Waals surface area contributed by atoms with E-state index >= 15 is 0 Å². The molecule has 0 saturated heterocycles. The third-order valence-electron chi connectivity index (χ3n) is 0. The van der Waals surface area contributed by atoms with Crippen molar-refractivity contribution in [3.8, 4) is 0 Å². The molecule has 0 spiro atoms. The molecule has 9 heavy (non-hydrogen) atoms. The summed E-state index contributed by atoms with van der Waals surface area (Å²) in [6.07, 6.45) is 0. The van der Waals surface area contributed by atoms with Crippen molar-refractivity contribution < 1.29 is 24.6 Å². The third kappa shape index (κ3) is 57.3. The maximum Gasteiger partial charge on any atom is 0 e. The van der Waals surface area contributed by atoms with Crippen LogP contribution in [0.15, 0.2) is 0 Å². The second kappa shape index (κ2) is 16.2. The van der Waals surface area contributed by atoms with E-state index in [0.29, 0.717) is 0 Å². The van der Waals surface area contributed by atoms with Crippen molar-refractivity contribution in [3.63, 3.8) is 0 Å². The van der Waals surface area contributed by atoms with E-state index in [0.717, 1.165) is 0 Å². The maximum atomic E-state index is 4.50. The van der Waals surface area contributed by atoms with Gasteiger partial charge in [-0.2, -0.15) is 0 Å². The van der Waals surface area contributed by atoms with Gasteiger partial charge in [0.05, 0.1) is 0 Å². The van der Waals surface area contributed by atoms with Gasteiger partial charge < -0.3 is 8.59 Å². The van der Waals surface area contributed by atoms with E-state index in [-0.39, 0.29) is 62.3 Å². The second-order valence-electron chi connectivity index (χ2n) is 0.429. The molecule has 0 amide bonds. The van der Waals surface area contributed by atoms with Crippen LogP contribution in [0.1, 0.15) is 2.85 Å². The zero-order valence-corrected chi connectivity index (χ0v) is 21.1. The molecule has 1 nitrogen and oxygen atoms in total. The Hall–Kier alpha value is 5.78. The van der Waals surface area contributed by atoms with Crippen molar-refractivity contribution >= 4 is 113 Å². The molecule has 0 bridgehead atoms. The van der Waals surface area contributed by atoms with Gasteiger partial charge in [-0.25, -0.2) is 0 Å². The summed E-state index contributed by atoms with van der Waals surface area (Å²) in [7, 11) is 1.50. The van der Waals surface area contributed by atoms with Crippen molar-refractivity contribution in [3.05, 3.63) is 0 Å². The minimum atomic E-state index is -1.40. The molecule has 0 heterocycles. The largest absolute Gasteiger partial charge is 0 e. The number of hydrogen-bond donors (Lipinski definition) is 1. The first-order valence-corrected chi connectivity index (χ1v) is 45.1. The van der Waals surface area contributed by atoms with Crippen LogP contribution in [-0.4, -0.2) is 48.8 Å². The zero-order valence-electron chi connectivity index (χ0n) is 6.80. The Balaban J connectivity index is -0.00000000972. The minimum absolute atomic E-state index is 0. The molecular weight excluding hydrogens is 829 g/mol. The van der Waals surface area contributed by atoms with Crippen LogP contribution in [-0.2, 0) is 21.7 Å². The summed E-state index contributed by atoms with van der Waals surface area (Å²) in [5.41, 5.74) is 4.50. The molecule has 0 atom stereocenters. The fourth-order valence-electron chi connectivity index (χ4n) is 0. The first kappa shape index (κ1) is 24.1. The maximum absolute atomic E-state index is 4.50. The van der Waals surface area contributed by atoms with Crippen LogP contribution in [0.5, 0.6) is 0 Å². The normalized spacial score (nSPS) is 7.33. The predicted molar refractivity (Wildman–Crippen MR) is 79.9 cm³/mol. The molecule has 0 saturated carbocycles. The van der Waals surface area contributed by atoms with Gasteiger partial charge in [-0.15, -0.1) is 0 Å². The standard InChI is InChI=1S/CH5N.Ca.4HI.Pb.Ti.2H/c1-2;;;;;;;;;/h2H2,1H3;;4*1H;;;;/q;+2;;;;;+4;;2*-1/p-4. The molecule has 8 heteroatoms. The van der Waals surface area contributed by atoms with Gasteiger partial charge in [0.2, 0.25) is 0 Å². The van der Waals surface area contributed by atoms with Crippen LogP contribution in [0.4, 0.5) is 0 Å².